The summed E-state index contributed by atoms with van der Waals surface area (Å²) in [6.07, 6.45) is 0. The molecule has 19 heavy (non-hydrogen) atoms. The van der Waals surface area contributed by atoms with Crippen molar-refractivity contribution < 1.29 is 9.53 Å². The number of hydrogen-bond donors (Lipinski definition) is 1. The fourth-order valence-corrected chi connectivity index (χ4v) is 2.53. The minimum Gasteiger partial charge on any atom is -0.484 e. The molecule has 1 aromatic carbocycles. The van der Waals surface area contributed by atoms with Gasteiger partial charge in [-0.05, 0) is 42.5 Å². The molecule has 100 valence electrons. The Hall–Kier alpha value is -1.81. The Morgan fingerprint density at radius 3 is 2.63 bits per heavy atom. The van der Waals surface area contributed by atoms with Gasteiger partial charge in [0, 0.05) is 11.4 Å². The number of aryl methyl sites for hydroxylation is 1. The van der Waals surface area contributed by atoms with Crippen molar-refractivity contribution in [3.05, 3.63) is 51.7 Å². The maximum atomic E-state index is 11.7. The lowest BCUT2D eigenvalue weighted by Gasteiger charge is -2.07. The molecule has 0 aliphatic carbocycles. The van der Waals surface area contributed by atoms with Gasteiger partial charge in [-0.25, -0.2) is 0 Å². The first kappa shape index (κ1) is 13.6. The van der Waals surface area contributed by atoms with Crippen molar-refractivity contribution in [2.45, 2.75) is 20.4 Å². The molecule has 1 aromatic heterocycles. The van der Waals surface area contributed by atoms with E-state index in [-0.39, 0.29) is 12.5 Å². The van der Waals surface area contributed by atoms with Crippen molar-refractivity contribution in [2.75, 3.05) is 6.61 Å². The lowest BCUT2D eigenvalue weighted by atomic mass is 10.2. The van der Waals surface area contributed by atoms with E-state index in [4.69, 9.17) is 4.74 Å². The van der Waals surface area contributed by atoms with Gasteiger partial charge in [0.05, 0.1) is 0 Å². The molecule has 4 heteroatoms. The van der Waals surface area contributed by atoms with Gasteiger partial charge in [0.15, 0.2) is 6.61 Å². The van der Waals surface area contributed by atoms with E-state index >= 15 is 0 Å². The number of amides is 1. The predicted octanol–water partition coefficient (Wildman–Crippen LogP) is 3.06. The van der Waals surface area contributed by atoms with Gasteiger partial charge in [-0.3, -0.25) is 4.79 Å². The number of benzene rings is 1. The monoisotopic (exact) mass is 275 g/mol. The fourth-order valence-electron chi connectivity index (χ4n) is 1.65. The molecule has 0 saturated carbocycles. The second-order valence-electron chi connectivity index (χ2n) is 4.32. The molecule has 0 radical (unpaired) electrons. The van der Waals surface area contributed by atoms with Gasteiger partial charge in [-0.15, -0.1) is 11.3 Å². The molecule has 0 saturated heterocycles. The van der Waals surface area contributed by atoms with Crippen LogP contribution in [0, 0.1) is 13.8 Å². The molecule has 0 aliphatic rings. The van der Waals surface area contributed by atoms with Gasteiger partial charge < -0.3 is 10.1 Å². The highest BCUT2D eigenvalue weighted by molar-refractivity contribution is 7.10. The van der Waals surface area contributed by atoms with Gasteiger partial charge in [-0.1, -0.05) is 18.2 Å². The SMILES string of the molecule is Cc1scc(CNC(=O)COc2ccccc2)c1C. The second kappa shape index (κ2) is 6.38. The average molecular weight is 275 g/mol. The maximum absolute atomic E-state index is 11.7. The number of para-hydroxylation sites is 1. The summed E-state index contributed by atoms with van der Waals surface area (Å²) in [5.41, 5.74) is 2.44. The lowest BCUT2D eigenvalue weighted by Crippen LogP contribution is -2.28. The highest BCUT2D eigenvalue weighted by Gasteiger charge is 2.06. The number of carbonyl (C=O) groups is 1. The van der Waals surface area contributed by atoms with E-state index in [0.717, 1.165) is 0 Å². The third-order valence-electron chi connectivity index (χ3n) is 2.98. The summed E-state index contributed by atoms with van der Waals surface area (Å²) in [6.45, 7) is 4.77. The van der Waals surface area contributed by atoms with Gasteiger partial charge in [0.25, 0.3) is 5.91 Å². The smallest absolute Gasteiger partial charge is 0.258 e. The highest BCUT2D eigenvalue weighted by atomic mass is 32.1. The number of rotatable bonds is 5. The number of ether oxygens (including phenoxy) is 1. The maximum Gasteiger partial charge on any atom is 0.258 e. The summed E-state index contributed by atoms with van der Waals surface area (Å²) in [6, 6.07) is 9.34. The third kappa shape index (κ3) is 3.83. The van der Waals surface area contributed by atoms with Crippen molar-refractivity contribution in [2.24, 2.45) is 0 Å². The number of nitrogens with one attached hydrogen (secondary N) is 1. The normalized spacial score (nSPS) is 10.2. The Morgan fingerprint density at radius 2 is 2.00 bits per heavy atom. The molecular weight excluding hydrogens is 258 g/mol. The van der Waals surface area contributed by atoms with Gasteiger partial charge in [0.2, 0.25) is 0 Å². The molecule has 0 fully saturated rings. The van der Waals surface area contributed by atoms with E-state index in [1.807, 2.05) is 30.3 Å². The van der Waals surface area contributed by atoms with Crippen LogP contribution in [0.2, 0.25) is 0 Å². The molecule has 0 atom stereocenters. The standard InChI is InChI=1S/C15H17NO2S/c1-11-12(2)19-10-13(11)8-16-15(17)9-18-14-6-4-3-5-7-14/h3-7,10H,8-9H2,1-2H3,(H,16,17). The average Bonchev–Trinajstić information content (AvgIpc) is 2.75. The van der Waals surface area contributed by atoms with Crippen molar-refractivity contribution in [3.63, 3.8) is 0 Å². The zero-order valence-corrected chi connectivity index (χ0v) is 11.9. The van der Waals surface area contributed by atoms with Crippen LogP contribution < -0.4 is 10.1 Å². The van der Waals surface area contributed by atoms with Crippen LogP contribution in [0.4, 0.5) is 0 Å². The van der Waals surface area contributed by atoms with Crippen molar-refractivity contribution in [3.8, 4) is 5.75 Å². The van der Waals surface area contributed by atoms with Crippen molar-refractivity contribution in [1.82, 2.24) is 5.32 Å². The topological polar surface area (TPSA) is 38.3 Å². The first-order valence-electron chi connectivity index (χ1n) is 6.15. The molecule has 0 bridgehead atoms. The Bertz CT molecular complexity index is 549. The molecule has 0 aliphatic heterocycles. The Kier molecular flexibility index (Phi) is 4.58. The molecule has 1 amide bonds. The predicted molar refractivity (Wildman–Crippen MR) is 77.6 cm³/mol. The molecule has 2 rings (SSSR count). The summed E-state index contributed by atoms with van der Waals surface area (Å²) in [7, 11) is 0. The minimum atomic E-state index is -0.105. The second-order valence-corrected chi connectivity index (χ2v) is 5.40. The van der Waals surface area contributed by atoms with Crippen LogP contribution in [0.3, 0.4) is 0 Å². The molecule has 1 N–H and O–H groups in total. The molecule has 3 nitrogen and oxygen atoms in total. The Morgan fingerprint density at radius 1 is 1.26 bits per heavy atom. The third-order valence-corrected chi connectivity index (χ3v) is 4.04. The van der Waals surface area contributed by atoms with Gasteiger partial charge >= 0.3 is 0 Å². The Balaban J connectivity index is 1.78. The van der Waals surface area contributed by atoms with Crippen molar-refractivity contribution in [1.29, 1.82) is 0 Å². The van der Waals surface area contributed by atoms with E-state index in [0.29, 0.717) is 12.3 Å². The van der Waals surface area contributed by atoms with Crippen LogP contribution >= 0.6 is 11.3 Å². The van der Waals surface area contributed by atoms with Crippen LogP contribution in [0.5, 0.6) is 5.75 Å². The molecule has 0 spiro atoms. The summed E-state index contributed by atoms with van der Waals surface area (Å²) in [4.78, 5) is 13.0. The van der Waals surface area contributed by atoms with Gasteiger partial charge in [-0.2, -0.15) is 0 Å². The molecule has 2 aromatic rings. The van der Waals surface area contributed by atoms with E-state index in [2.05, 4.69) is 24.5 Å². The van der Waals surface area contributed by atoms with Crippen LogP contribution in [0.15, 0.2) is 35.7 Å². The van der Waals surface area contributed by atoms with E-state index in [1.54, 1.807) is 11.3 Å². The largest absolute Gasteiger partial charge is 0.484 e. The zero-order valence-electron chi connectivity index (χ0n) is 11.1. The first-order chi connectivity index (χ1) is 9.16. The Labute approximate surface area is 117 Å². The minimum absolute atomic E-state index is 0.0478. The number of hydrogen-bond acceptors (Lipinski definition) is 3. The van der Waals surface area contributed by atoms with Gasteiger partial charge in [0.1, 0.15) is 5.75 Å². The lowest BCUT2D eigenvalue weighted by molar-refractivity contribution is -0.123. The summed E-state index contributed by atoms with van der Waals surface area (Å²) < 4.78 is 5.38. The molecular formula is C15H17NO2S. The van der Waals surface area contributed by atoms with Crippen LogP contribution in [0.1, 0.15) is 16.0 Å². The molecule has 1 heterocycles. The first-order valence-corrected chi connectivity index (χ1v) is 7.03. The van der Waals surface area contributed by atoms with E-state index in [1.165, 1.54) is 16.0 Å². The van der Waals surface area contributed by atoms with E-state index < -0.39 is 0 Å². The summed E-state index contributed by atoms with van der Waals surface area (Å²) >= 11 is 1.71. The fraction of sp³-hybridized carbons (Fsp3) is 0.267. The highest BCUT2D eigenvalue weighted by Crippen LogP contribution is 2.20. The van der Waals surface area contributed by atoms with Crippen LogP contribution in [0.25, 0.3) is 0 Å². The number of thiophene rings is 1. The number of carbonyl (C=O) groups excluding carboxylic acids is 1. The molecule has 0 unspecified atom stereocenters. The van der Waals surface area contributed by atoms with Crippen molar-refractivity contribution >= 4 is 17.2 Å². The summed E-state index contributed by atoms with van der Waals surface area (Å²) in [5.74, 6) is 0.604. The van der Waals surface area contributed by atoms with E-state index in [9.17, 15) is 4.79 Å². The summed E-state index contributed by atoms with van der Waals surface area (Å²) in [5, 5.41) is 4.95. The quantitative estimate of drug-likeness (QED) is 0.910. The van der Waals surface area contributed by atoms with Crippen LogP contribution in [-0.2, 0) is 11.3 Å². The zero-order chi connectivity index (χ0) is 13.7. The van der Waals surface area contributed by atoms with Crippen LogP contribution in [-0.4, -0.2) is 12.5 Å².